The number of benzene rings is 1. The summed E-state index contributed by atoms with van der Waals surface area (Å²) in [7, 11) is 1.42. The number of hydrogen-bond acceptors (Lipinski definition) is 5. The number of ether oxygens (including phenoxy) is 3. The molecule has 0 aromatic heterocycles. The molecule has 0 amide bonds. The maximum absolute atomic E-state index is 10.9. The van der Waals surface area contributed by atoms with Crippen LogP contribution in [0.4, 0.5) is 5.69 Å². The molecule has 0 unspecified atom stereocenters. The number of anilines is 1. The molecule has 0 fully saturated rings. The number of carbonyl (C=O) groups excluding carboxylic acids is 1. The molecule has 0 spiro atoms. The van der Waals surface area contributed by atoms with Gasteiger partial charge in [-0.25, -0.2) is 0 Å². The lowest BCUT2D eigenvalue weighted by atomic mass is 10.2. The summed E-state index contributed by atoms with van der Waals surface area (Å²) in [4.78, 5) is 10.9. The standard InChI is InChI=1S/C14H19NO4/c1-17-14(16)5-3-2-4-8-15-11-6-7-12-13(9-11)19-10-18-12/h6-7,9,15H,2-5,8,10H2,1H3. The van der Waals surface area contributed by atoms with Gasteiger partial charge in [-0.15, -0.1) is 0 Å². The van der Waals surface area contributed by atoms with Gasteiger partial charge in [0.05, 0.1) is 7.11 Å². The van der Waals surface area contributed by atoms with Gasteiger partial charge in [0.15, 0.2) is 11.5 Å². The summed E-state index contributed by atoms with van der Waals surface area (Å²) in [6, 6.07) is 5.82. The molecular formula is C14H19NO4. The first-order valence-electron chi connectivity index (χ1n) is 6.50. The molecule has 2 rings (SSSR count). The van der Waals surface area contributed by atoms with Crippen molar-refractivity contribution in [3.8, 4) is 11.5 Å². The summed E-state index contributed by atoms with van der Waals surface area (Å²) in [5.74, 6) is 1.45. The van der Waals surface area contributed by atoms with Crippen LogP contribution in [-0.2, 0) is 9.53 Å². The number of nitrogens with one attached hydrogen (secondary N) is 1. The lowest BCUT2D eigenvalue weighted by Crippen LogP contribution is -2.03. The maximum atomic E-state index is 10.9. The number of unbranched alkanes of at least 4 members (excludes halogenated alkanes) is 2. The van der Waals surface area contributed by atoms with Crippen LogP contribution in [-0.4, -0.2) is 26.4 Å². The van der Waals surface area contributed by atoms with Gasteiger partial charge in [0.1, 0.15) is 0 Å². The number of hydrogen-bond donors (Lipinski definition) is 1. The van der Waals surface area contributed by atoms with E-state index in [0.717, 1.165) is 43.0 Å². The van der Waals surface area contributed by atoms with Crippen LogP contribution in [0.15, 0.2) is 18.2 Å². The highest BCUT2D eigenvalue weighted by Gasteiger charge is 2.12. The van der Waals surface area contributed by atoms with Crippen molar-refractivity contribution in [2.24, 2.45) is 0 Å². The van der Waals surface area contributed by atoms with Gasteiger partial charge >= 0.3 is 5.97 Å². The molecule has 0 radical (unpaired) electrons. The topological polar surface area (TPSA) is 56.8 Å². The monoisotopic (exact) mass is 265 g/mol. The molecule has 104 valence electrons. The number of carbonyl (C=O) groups is 1. The molecule has 5 nitrogen and oxygen atoms in total. The summed E-state index contributed by atoms with van der Waals surface area (Å²) in [6.45, 7) is 1.17. The summed E-state index contributed by atoms with van der Waals surface area (Å²) in [6.07, 6.45) is 3.40. The highest BCUT2D eigenvalue weighted by atomic mass is 16.7. The van der Waals surface area contributed by atoms with Crippen molar-refractivity contribution in [1.82, 2.24) is 0 Å². The fraction of sp³-hybridized carbons (Fsp3) is 0.500. The first-order valence-corrected chi connectivity index (χ1v) is 6.50. The SMILES string of the molecule is COC(=O)CCCCCNc1ccc2c(c1)OCO2. The van der Waals surface area contributed by atoms with E-state index in [1.807, 2.05) is 18.2 Å². The molecule has 1 aliphatic rings. The summed E-state index contributed by atoms with van der Waals surface area (Å²) >= 11 is 0. The summed E-state index contributed by atoms with van der Waals surface area (Å²) in [5, 5.41) is 3.32. The van der Waals surface area contributed by atoms with Crippen molar-refractivity contribution in [1.29, 1.82) is 0 Å². The first kappa shape index (κ1) is 13.5. The molecule has 1 N–H and O–H groups in total. The average molecular weight is 265 g/mol. The predicted octanol–water partition coefficient (Wildman–Crippen LogP) is 2.56. The third-order valence-corrected chi connectivity index (χ3v) is 2.99. The van der Waals surface area contributed by atoms with E-state index in [1.54, 1.807) is 0 Å². The Labute approximate surface area is 112 Å². The van der Waals surface area contributed by atoms with Crippen LogP contribution in [0.3, 0.4) is 0 Å². The smallest absolute Gasteiger partial charge is 0.305 e. The molecule has 0 aliphatic carbocycles. The van der Waals surface area contributed by atoms with E-state index in [-0.39, 0.29) is 5.97 Å². The van der Waals surface area contributed by atoms with Gasteiger partial charge in [-0.2, -0.15) is 0 Å². The maximum Gasteiger partial charge on any atom is 0.305 e. The fourth-order valence-electron chi connectivity index (χ4n) is 1.91. The van der Waals surface area contributed by atoms with E-state index in [9.17, 15) is 4.79 Å². The lowest BCUT2D eigenvalue weighted by Gasteiger charge is -2.07. The Morgan fingerprint density at radius 3 is 2.95 bits per heavy atom. The molecule has 1 heterocycles. The van der Waals surface area contributed by atoms with Crippen LogP contribution in [0.5, 0.6) is 11.5 Å². The molecule has 0 saturated carbocycles. The van der Waals surface area contributed by atoms with Crippen LogP contribution in [0.25, 0.3) is 0 Å². The van der Waals surface area contributed by atoms with E-state index in [2.05, 4.69) is 10.1 Å². The van der Waals surface area contributed by atoms with E-state index >= 15 is 0 Å². The van der Waals surface area contributed by atoms with Crippen molar-refractivity contribution < 1.29 is 19.0 Å². The van der Waals surface area contributed by atoms with Gasteiger partial charge < -0.3 is 19.5 Å². The second kappa shape index (κ2) is 6.87. The van der Waals surface area contributed by atoms with Crippen LogP contribution in [0.1, 0.15) is 25.7 Å². The fourth-order valence-corrected chi connectivity index (χ4v) is 1.91. The van der Waals surface area contributed by atoms with Crippen molar-refractivity contribution in [2.75, 3.05) is 25.8 Å². The van der Waals surface area contributed by atoms with Crippen LogP contribution < -0.4 is 14.8 Å². The third kappa shape index (κ3) is 4.05. The minimum atomic E-state index is -0.135. The molecule has 0 atom stereocenters. The summed E-state index contributed by atoms with van der Waals surface area (Å²) < 4.78 is 15.1. The zero-order valence-electron chi connectivity index (χ0n) is 11.1. The number of rotatable bonds is 7. The number of esters is 1. The Morgan fingerprint density at radius 1 is 1.26 bits per heavy atom. The lowest BCUT2D eigenvalue weighted by molar-refractivity contribution is -0.140. The van der Waals surface area contributed by atoms with Crippen LogP contribution >= 0.6 is 0 Å². The zero-order valence-corrected chi connectivity index (χ0v) is 11.1. The molecule has 0 bridgehead atoms. The van der Waals surface area contributed by atoms with E-state index < -0.39 is 0 Å². The minimum Gasteiger partial charge on any atom is -0.469 e. The highest BCUT2D eigenvalue weighted by Crippen LogP contribution is 2.34. The molecule has 1 aliphatic heterocycles. The Balaban J connectivity index is 1.62. The summed E-state index contributed by atoms with van der Waals surface area (Å²) in [5.41, 5.74) is 1.03. The second-order valence-electron chi connectivity index (χ2n) is 4.38. The second-order valence-corrected chi connectivity index (χ2v) is 4.38. The Morgan fingerprint density at radius 2 is 2.11 bits per heavy atom. The van der Waals surface area contributed by atoms with E-state index in [0.29, 0.717) is 13.2 Å². The Bertz CT molecular complexity index is 433. The van der Waals surface area contributed by atoms with Gasteiger partial charge in [0.2, 0.25) is 6.79 Å². The molecule has 5 heteroatoms. The van der Waals surface area contributed by atoms with Gasteiger partial charge in [0, 0.05) is 24.7 Å². The average Bonchev–Trinajstić information content (AvgIpc) is 2.89. The Hall–Kier alpha value is -1.91. The number of methoxy groups -OCH3 is 1. The van der Waals surface area contributed by atoms with Crippen LogP contribution in [0.2, 0.25) is 0 Å². The van der Waals surface area contributed by atoms with Gasteiger partial charge in [-0.1, -0.05) is 6.42 Å². The largest absolute Gasteiger partial charge is 0.469 e. The van der Waals surface area contributed by atoms with Gasteiger partial charge in [-0.05, 0) is 25.0 Å². The van der Waals surface area contributed by atoms with E-state index in [4.69, 9.17) is 9.47 Å². The predicted molar refractivity (Wildman–Crippen MR) is 71.5 cm³/mol. The number of fused-ring (bicyclic) bond motifs is 1. The normalized spacial score (nSPS) is 12.3. The molecule has 19 heavy (non-hydrogen) atoms. The third-order valence-electron chi connectivity index (χ3n) is 2.99. The zero-order chi connectivity index (χ0) is 13.5. The quantitative estimate of drug-likeness (QED) is 0.606. The first-order chi connectivity index (χ1) is 9.29. The van der Waals surface area contributed by atoms with Crippen molar-refractivity contribution in [3.63, 3.8) is 0 Å². The molecule has 0 saturated heterocycles. The molecular weight excluding hydrogens is 246 g/mol. The molecule has 1 aromatic rings. The van der Waals surface area contributed by atoms with Crippen molar-refractivity contribution >= 4 is 11.7 Å². The molecule has 1 aromatic carbocycles. The van der Waals surface area contributed by atoms with Gasteiger partial charge in [-0.3, -0.25) is 4.79 Å². The van der Waals surface area contributed by atoms with Crippen molar-refractivity contribution in [2.45, 2.75) is 25.7 Å². The van der Waals surface area contributed by atoms with Gasteiger partial charge in [0.25, 0.3) is 0 Å². The van der Waals surface area contributed by atoms with Crippen LogP contribution in [0, 0.1) is 0 Å². The highest BCUT2D eigenvalue weighted by molar-refractivity contribution is 5.68. The van der Waals surface area contributed by atoms with Crippen molar-refractivity contribution in [3.05, 3.63) is 18.2 Å². The van der Waals surface area contributed by atoms with E-state index in [1.165, 1.54) is 7.11 Å². The Kier molecular flexibility index (Phi) is 4.89. The minimum absolute atomic E-state index is 0.135.